The van der Waals surface area contributed by atoms with Crippen molar-refractivity contribution in [2.24, 2.45) is 0 Å². The van der Waals surface area contributed by atoms with Crippen LogP contribution in [-0.2, 0) is 4.79 Å². The lowest BCUT2D eigenvalue weighted by atomic mass is 10.3. The average Bonchev–Trinajstić information content (AvgIpc) is 2.55. The second-order valence-corrected chi connectivity index (χ2v) is 2.62. The zero-order valence-electron chi connectivity index (χ0n) is 7.07. The van der Waals surface area contributed by atoms with Gasteiger partial charge in [-0.2, -0.15) is 0 Å². The normalized spacial score (nSPS) is 12.1. The highest BCUT2D eigenvalue weighted by molar-refractivity contribution is 5.94. The van der Waals surface area contributed by atoms with Crippen molar-refractivity contribution < 1.29 is 14.7 Å². The van der Waals surface area contributed by atoms with E-state index in [1.165, 1.54) is 6.92 Å². The van der Waals surface area contributed by atoms with Gasteiger partial charge in [-0.3, -0.25) is 9.59 Å². The number of aromatic amines is 1. The number of carboxylic acids is 1. The molecule has 70 valence electrons. The Balaban J connectivity index is 2.56. The van der Waals surface area contributed by atoms with Crippen molar-refractivity contribution in [3.8, 4) is 0 Å². The van der Waals surface area contributed by atoms with Gasteiger partial charge in [-0.25, -0.2) is 0 Å². The molecular formula is C8H10N2O3. The van der Waals surface area contributed by atoms with Crippen molar-refractivity contribution in [2.45, 2.75) is 13.0 Å². The van der Waals surface area contributed by atoms with Crippen LogP contribution in [0, 0.1) is 0 Å². The van der Waals surface area contributed by atoms with E-state index < -0.39 is 17.9 Å². The Kier molecular flexibility index (Phi) is 2.69. The maximum Gasteiger partial charge on any atom is 0.325 e. The third-order valence-electron chi connectivity index (χ3n) is 1.56. The summed E-state index contributed by atoms with van der Waals surface area (Å²) in [5, 5.41) is 10.8. The number of carboxylic acid groups (broad SMARTS) is 1. The van der Waals surface area contributed by atoms with Gasteiger partial charge < -0.3 is 15.4 Å². The van der Waals surface area contributed by atoms with Crippen LogP contribution in [0.5, 0.6) is 0 Å². The fraction of sp³-hybridized carbons (Fsp3) is 0.250. The van der Waals surface area contributed by atoms with Gasteiger partial charge in [0.1, 0.15) is 11.7 Å². The molecule has 0 bridgehead atoms. The fourth-order valence-corrected chi connectivity index (χ4v) is 0.808. The highest BCUT2D eigenvalue weighted by atomic mass is 16.4. The lowest BCUT2D eigenvalue weighted by Crippen LogP contribution is -2.38. The van der Waals surface area contributed by atoms with Crippen LogP contribution in [0.3, 0.4) is 0 Å². The monoisotopic (exact) mass is 182 g/mol. The fourth-order valence-electron chi connectivity index (χ4n) is 0.808. The molecule has 0 fully saturated rings. The van der Waals surface area contributed by atoms with Gasteiger partial charge in [-0.05, 0) is 19.1 Å². The first-order chi connectivity index (χ1) is 6.11. The van der Waals surface area contributed by atoms with Crippen molar-refractivity contribution in [2.75, 3.05) is 0 Å². The van der Waals surface area contributed by atoms with Crippen LogP contribution in [0.1, 0.15) is 17.4 Å². The SMILES string of the molecule is C[C@H](NC(=O)c1ccc[nH]1)C(=O)O. The van der Waals surface area contributed by atoms with Crippen molar-refractivity contribution in [3.63, 3.8) is 0 Å². The van der Waals surface area contributed by atoms with E-state index in [1.807, 2.05) is 0 Å². The molecule has 1 aromatic heterocycles. The second kappa shape index (κ2) is 3.75. The first kappa shape index (κ1) is 9.31. The maximum atomic E-state index is 11.2. The number of rotatable bonds is 3. The van der Waals surface area contributed by atoms with Crippen molar-refractivity contribution in [3.05, 3.63) is 24.0 Å². The number of aliphatic carboxylic acids is 1. The molecule has 13 heavy (non-hydrogen) atoms. The van der Waals surface area contributed by atoms with Gasteiger partial charge in [0, 0.05) is 6.20 Å². The summed E-state index contributed by atoms with van der Waals surface area (Å²) in [5.41, 5.74) is 0.355. The van der Waals surface area contributed by atoms with Gasteiger partial charge in [0.2, 0.25) is 0 Å². The van der Waals surface area contributed by atoms with Crippen molar-refractivity contribution in [1.82, 2.24) is 10.3 Å². The van der Waals surface area contributed by atoms with Gasteiger partial charge in [0.25, 0.3) is 5.91 Å². The van der Waals surface area contributed by atoms with E-state index in [4.69, 9.17) is 5.11 Å². The minimum atomic E-state index is -1.06. The van der Waals surface area contributed by atoms with Gasteiger partial charge in [-0.1, -0.05) is 0 Å². The van der Waals surface area contributed by atoms with Crippen LogP contribution in [0.4, 0.5) is 0 Å². The highest BCUT2D eigenvalue weighted by Gasteiger charge is 2.14. The van der Waals surface area contributed by atoms with Crippen molar-refractivity contribution in [1.29, 1.82) is 0 Å². The molecule has 1 rings (SSSR count). The molecule has 5 nitrogen and oxygen atoms in total. The summed E-state index contributed by atoms with van der Waals surface area (Å²) >= 11 is 0. The lowest BCUT2D eigenvalue weighted by Gasteiger charge is -2.07. The van der Waals surface area contributed by atoms with E-state index in [1.54, 1.807) is 18.3 Å². The Morgan fingerprint density at radius 2 is 2.31 bits per heavy atom. The molecule has 0 radical (unpaired) electrons. The molecule has 0 aliphatic rings. The summed E-state index contributed by atoms with van der Waals surface area (Å²) in [5.74, 6) is -1.47. The van der Waals surface area contributed by atoms with E-state index in [0.29, 0.717) is 5.69 Å². The summed E-state index contributed by atoms with van der Waals surface area (Å²) in [4.78, 5) is 24.3. The molecule has 0 saturated heterocycles. The number of hydrogen-bond donors (Lipinski definition) is 3. The van der Waals surface area contributed by atoms with Gasteiger partial charge in [-0.15, -0.1) is 0 Å². The number of nitrogens with one attached hydrogen (secondary N) is 2. The molecule has 1 amide bonds. The molecule has 0 saturated carbocycles. The Morgan fingerprint density at radius 3 is 2.77 bits per heavy atom. The van der Waals surface area contributed by atoms with Crippen LogP contribution in [0.2, 0.25) is 0 Å². The summed E-state index contributed by atoms with van der Waals surface area (Å²) in [6, 6.07) is 2.36. The smallest absolute Gasteiger partial charge is 0.325 e. The third kappa shape index (κ3) is 2.33. The van der Waals surface area contributed by atoms with Crippen molar-refractivity contribution >= 4 is 11.9 Å². The number of hydrogen-bond acceptors (Lipinski definition) is 2. The summed E-state index contributed by atoms with van der Waals surface area (Å²) in [6.45, 7) is 1.41. The standard InChI is InChI=1S/C8H10N2O3/c1-5(8(12)13)10-7(11)6-3-2-4-9-6/h2-5,9H,1H3,(H,10,11)(H,12,13)/t5-/m0/s1. The highest BCUT2D eigenvalue weighted by Crippen LogP contribution is 1.94. The summed E-state index contributed by atoms with van der Waals surface area (Å²) < 4.78 is 0. The molecule has 1 atom stereocenters. The van der Waals surface area contributed by atoms with Crippen LogP contribution in [-0.4, -0.2) is 28.0 Å². The zero-order valence-corrected chi connectivity index (χ0v) is 7.07. The molecule has 0 aliphatic carbocycles. The van der Waals surface area contributed by atoms with E-state index in [2.05, 4.69) is 10.3 Å². The van der Waals surface area contributed by atoms with E-state index in [9.17, 15) is 9.59 Å². The number of H-pyrrole nitrogens is 1. The predicted molar refractivity (Wildman–Crippen MR) is 45.4 cm³/mol. The van der Waals surface area contributed by atoms with Crippen LogP contribution >= 0.6 is 0 Å². The van der Waals surface area contributed by atoms with E-state index in [-0.39, 0.29) is 0 Å². The topological polar surface area (TPSA) is 82.2 Å². The number of carbonyl (C=O) groups excluding carboxylic acids is 1. The molecule has 1 aromatic rings. The molecule has 0 unspecified atom stereocenters. The molecular weight excluding hydrogens is 172 g/mol. The Bertz CT molecular complexity index is 305. The van der Waals surface area contributed by atoms with Gasteiger partial charge in [0.15, 0.2) is 0 Å². The van der Waals surface area contributed by atoms with Crippen LogP contribution < -0.4 is 5.32 Å². The second-order valence-electron chi connectivity index (χ2n) is 2.62. The Labute approximate surface area is 74.8 Å². The van der Waals surface area contributed by atoms with E-state index in [0.717, 1.165) is 0 Å². The summed E-state index contributed by atoms with van der Waals surface area (Å²) in [6.07, 6.45) is 1.60. The molecule has 1 heterocycles. The number of amides is 1. The minimum absolute atomic E-state index is 0.355. The predicted octanol–water partition coefficient (Wildman–Crippen LogP) is 0.218. The average molecular weight is 182 g/mol. The zero-order chi connectivity index (χ0) is 9.84. The Morgan fingerprint density at radius 1 is 1.62 bits per heavy atom. The van der Waals surface area contributed by atoms with Gasteiger partial charge >= 0.3 is 5.97 Å². The summed E-state index contributed by atoms with van der Waals surface area (Å²) in [7, 11) is 0. The minimum Gasteiger partial charge on any atom is -0.480 e. The molecule has 0 aromatic carbocycles. The molecule has 3 N–H and O–H groups in total. The number of carbonyl (C=O) groups is 2. The lowest BCUT2D eigenvalue weighted by molar-refractivity contribution is -0.138. The first-order valence-corrected chi connectivity index (χ1v) is 3.78. The van der Waals surface area contributed by atoms with Gasteiger partial charge in [0.05, 0.1) is 0 Å². The number of aromatic nitrogens is 1. The van der Waals surface area contributed by atoms with E-state index >= 15 is 0 Å². The third-order valence-corrected chi connectivity index (χ3v) is 1.56. The maximum absolute atomic E-state index is 11.2. The first-order valence-electron chi connectivity index (χ1n) is 3.78. The quantitative estimate of drug-likeness (QED) is 0.625. The molecule has 0 spiro atoms. The Hall–Kier alpha value is -1.78. The molecule has 5 heteroatoms. The van der Waals surface area contributed by atoms with Crippen LogP contribution in [0.25, 0.3) is 0 Å². The largest absolute Gasteiger partial charge is 0.480 e. The van der Waals surface area contributed by atoms with Crippen LogP contribution in [0.15, 0.2) is 18.3 Å². The molecule has 0 aliphatic heterocycles.